The fraction of sp³-hybridized carbons (Fsp3) is 0.440. The molecule has 3 rings (SSSR count). The average Bonchev–Trinajstić information content (AvgIpc) is 2.83. The third-order valence-electron chi connectivity index (χ3n) is 5.95. The zero-order valence-electron chi connectivity index (χ0n) is 20.0. The number of sulfonamides is 1. The van der Waals surface area contributed by atoms with Gasteiger partial charge in [0.1, 0.15) is 5.75 Å². The van der Waals surface area contributed by atoms with E-state index in [4.69, 9.17) is 9.47 Å². The van der Waals surface area contributed by atoms with Crippen LogP contribution in [0.1, 0.15) is 43.7 Å². The van der Waals surface area contributed by atoms with Crippen molar-refractivity contribution in [2.45, 2.75) is 44.4 Å². The van der Waals surface area contributed by atoms with Crippen molar-refractivity contribution in [1.82, 2.24) is 4.31 Å². The molecule has 0 aromatic heterocycles. The van der Waals surface area contributed by atoms with Gasteiger partial charge in [0, 0.05) is 13.1 Å². The van der Waals surface area contributed by atoms with Crippen LogP contribution in [0, 0.1) is 12.8 Å². The van der Waals surface area contributed by atoms with Gasteiger partial charge >= 0.3 is 5.97 Å². The summed E-state index contributed by atoms with van der Waals surface area (Å²) < 4.78 is 37.7. The first kappa shape index (κ1) is 25.7. The summed E-state index contributed by atoms with van der Waals surface area (Å²) in [5.74, 6) is -0.583. The Labute approximate surface area is 201 Å². The van der Waals surface area contributed by atoms with Crippen molar-refractivity contribution in [2.24, 2.45) is 5.92 Å². The second-order valence-electron chi connectivity index (χ2n) is 8.76. The van der Waals surface area contributed by atoms with E-state index in [1.54, 1.807) is 24.3 Å². The van der Waals surface area contributed by atoms with Crippen molar-refractivity contribution in [3.8, 4) is 5.75 Å². The molecular formula is C25H32N2O6S. The fourth-order valence-electron chi connectivity index (χ4n) is 3.87. The number of methoxy groups -OCH3 is 1. The first-order valence-corrected chi connectivity index (χ1v) is 12.8. The predicted molar refractivity (Wildman–Crippen MR) is 129 cm³/mol. The zero-order valence-corrected chi connectivity index (χ0v) is 20.9. The third kappa shape index (κ3) is 6.15. The number of rotatable bonds is 8. The van der Waals surface area contributed by atoms with Crippen molar-refractivity contribution < 1.29 is 27.5 Å². The maximum atomic E-state index is 13.0. The number of carbonyl (C=O) groups is 2. The molecule has 184 valence electrons. The van der Waals surface area contributed by atoms with E-state index in [-0.39, 0.29) is 18.0 Å². The van der Waals surface area contributed by atoms with Crippen molar-refractivity contribution in [1.29, 1.82) is 0 Å². The number of carbonyl (C=O) groups excluding carboxylic acids is 2. The van der Waals surface area contributed by atoms with Crippen LogP contribution in [0.15, 0.2) is 47.4 Å². The number of hydrogen-bond donors (Lipinski definition) is 1. The van der Waals surface area contributed by atoms with E-state index in [0.29, 0.717) is 30.2 Å². The summed E-state index contributed by atoms with van der Waals surface area (Å²) in [4.78, 5) is 25.0. The summed E-state index contributed by atoms with van der Waals surface area (Å²) in [5, 5.41) is 2.69. The Morgan fingerprint density at radius 3 is 2.32 bits per heavy atom. The fourth-order valence-corrected chi connectivity index (χ4v) is 5.34. The number of piperidine rings is 1. The Morgan fingerprint density at radius 1 is 1.09 bits per heavy atom. The van der Waals surface area contributed by atoms with Gasteiger partial charge in [-0.05, 0) is 61.1 Å². The van der Waals surface area contributed by atoms with E-state index in [0.717, 1.165) is 11.1 Å². The molecule has 9 heteroatoms. The molecule has 0 atom stereocenters. The molecule has 0 bridgehead atoms. The molecule has 0 spiro atoms. The number of anilines is 1. The second-order valence-corrected chi connectivity index (χ2v) is 10.7. The van der Waals surface area contributed by atoms with Crippen LogP contribution in [0.2, 0.25) is 0 Å². The minimum absolute atomic E-state index is 0.223. The third-order valence-corrected chi connectivity index (χ3v) is 7.86. The van der Waals surface area contributed by atoms with Crippen molar-refractivity contribution in [3.63, 3.8) is 0 Å². The Balaban J connectivity index is 1.50. The molecule has 0 aliphatic carbocycles. The van der Waals surface area contributed by atoms with E-state index in [9.17, 15) is 18.0 Å². The van der Waals surface area contributed by atoms with Gasteiger partial charge in [-0.3, -0.25) is 9.59 Å². The van der Waals surface area contributed by atoms with E-state index in [1.807, 2.05) is 25.1 Å². The summed E-state index contributed by atoms with van der Waals surface area (Å²) in [6.07, 6.45) is 0.685. The van der Waals surface area contributed by atoms with Gasteiger partial charge in [0.15, 0.2) is 6.61 Å². The summed E-state index contributed by atoms with van der Waals surface area (Å²) in [6, 6.07) is 12.3. The number of nitrogens with zero attached hydrogens (tertiary/aromatic N) is 1. The zero-order chi connectivity index (χ0) is 24.9. The van der Waals surface area contributed by atoms with E-state index >= 15 is 0 Å². The van der Waals surface area contributed by atoms with Crippen LogP contribution in [0.4, 0.5) is 5.69 Å². The van der Waals surface area contributed by atoms with Crippen molar-refractivity contribution in [3.05, 3.63) is 53.6 Å². The lowest BCUT2D eigenvalue weighted by atomic mass is 9.98. The summed E-state index contributed by atoms with van der Waals surface area (Å²) in [5.41, 5.74) is 2.53. The monoisotopic (exact) mass is 488 g/mol. The first-order chi connectivity index (χ1) is 16.1. The molecule has 1 fully saturated rings. The standard InChI is InChI=1S/C25H32N2O6S/c1-17(2)19-6-8-21(9-7-19)34(30,31)27-13-11-20(12-14-27)25(29)33-16-24(28)26-22-15-18(3)5-10-23(22)32-4/h5-10,15,17,20H,11-14,16H2,1-4H3,(H,26,28). The molecule has 1 heterocycles. The van der Waals surface area contributed by atoms with Crippen LogP contribution < -0.4 is 10.1 Å². The smallest absolute Gasteiger partial charge is 0.309 e. The van der Waals surface area contributed by atoms with Crippen LogP contribution in [0.25, 0.3) is 0 Å². The van der Waals surface area contributed by atoms with Crippen molar-refractivity contribution in [2.75, 3.05) is 32.1 Å². The Morgan fingerprint density at radius 2 is 1.74 bits per heavy atom. The minimum Gasteiger partial charge on any atom is -0.495 e. The molecule has 0 radical (unpaired) electrons. The van der Waals surface area contributed by atoms with Gasteiger partial charge in [0.05, 0.1) is 23.6 Å². The van der Waals surface area contributed by atoms with Gasteiger partial charge in [-0.25, -0.2) is 8.42 Å². The maximum Gasteiger partial charge on any atom is 0.309 e. The van der Waals surface area contributed by atoms with Gasteiger partial charge in [-0.1, -0.05) is 32.0 Å². The highest BCUT2D eigenvalue weighted by molar-refractivity contribution is 7.89. The van der Waals surface area contributed by atoms with E-state index in [1.165, 1.54) is 11.4 Å². The summed E-state index contributed by atoms with van der Waals surface area (Å²) in [7, 11) is -2.11. The number of ether oxygens (including phenoxy) is 2. The predicted octanol–water partition coefficient (Wildman–Crippen LogP) is 3.71. The minimum atomic E-state index is -3.62. The molecule has 1 amide bonds. The number of amides is 1. The molecule has 1 N–H and O–H groups in total. The molecule has 8 nitrogen and oxygen atoms in total. The Kier molecular flexibility index (Phi) is 8.33. The quantitative estimate of drug-likeness (QED) is 0.569. The van der Waals surface area contributed by atoms with Crippen LogP contribution >= 0.6 is 0 Å². The normalized spacial score (nSPS) is 15.2. The number of benzene rings is 2. The SMILES string of the molecule is COc1ccc(C)cc1NC(=O)COC(=O)C1CCN(S(=O)(=O)c2ccc(C(C)C)cc2)CC1. The van der Waals surface area contributed by atoms with Crippen LogP contribution in [-0.2, 0) is 24.3 Å². The van der Waals surface area contributed by atoms with Gasteiger partial charge in [-0.15, -0.1) is 0 Å². The maximum absolute atomic E-state index is 13.0. The van der Waals surface area contributed by atoms with Crippen LogP contribution in [0.5, 0.6) is 5.75 Å². The number of hydrogen-bond acceptors (Lipinski definition) is 6. The highest BCUT2D eigenvalue weighted by atomic mass is 32.2. The van der Waals surface area contributed by atoms with E-state index in [2.05, 4.69) is 19.2 Å². The molecule has 0 unspecified atom stereocenters. The van der Waals surface area contributed by atoms with Crippen LogP contribution in [0.3, 0.4) is 0 Å². The van der Waals surface area contributed by atoms with Crippen LogP contribution in [-0.4, -0.2) is 51.4 Å². The molecule has 2 aromatic rings. The lowest BCUT2D eigenvalue weighted by Gasteiger charge is -2.30. The molecule has 34 heavy (non-hydrogen) atoms. The van der Waals surface area contributed by atoms with Gasteiger partial charge in [0.2, 0.25) is 10.0 Å². The van der Waals surface area contributed by atoms with Gasteiger partial charge in [0.25, 0.3) is 5.91 Å². The highest BCUT2D eigenvalue weighted by Gasteiger charge is 2.33. The van der Waals surface area contributed by atoms with Gasteiger partial charge in [-0.2, -0.15) is 4.31 Å². The van der Waals surface area contributed by atoms with Crippen molar-refractivity contribution >= 4 is 27.6 Å². The first-order valence-electron chi connectivity index (χ1n) is 11.3. The van der Waals surface area contributed by atoms with Gasteiger partial charge < -0.3 is 14.8 Å². The largest absolute Gasteiger partial charge is 0.495 e. The molecule has 1 saturated heterocycles. The Bertz CT molecular complexity index is 1120. The number of nitrogens with one attached hydrogen (secondary N) is 1. The molecule has 1 aliphatic rings. The lowest BCUT2D eigenvalue weighted by Crippen LogP contribution is -2.40. The number of aryl methyl sites for hydroxylation is 1. The Hall–Kier alpha value is -2.91. The summed E-state index contributed by atoms with van der Waals surface area (Å²) in [6.45, 7) is 6.02. The number of esters is 1. The topological polar surface area (TPSA) is 102 Å². The lowest BCUT2D eigenvalue weighted by molar-refractivity contribution is -0.152. The molecule has 2 aromatic carbocycles. The highest BCUT2D eigenvalue weighted by Crippen LogP contribution is 2.27. The molecule has 0 saturated carbocycles. The second kappa shape index (κ2) is 11.0. The van der Waals surface area contributed by atoms with E-state index < -0.39 is 34.4 Å². The molecule has 1 aliphatic heterocycles. The molecular weight excluding hydrogens is 456 g/mol. The average molecular weight is 489 g/mol. The summed E-state index contributed by atoms with van der Waals surface area (Å²) >= 11 is 0.